The van der Waals surface area contributed by atoms with Crippen LogP contribution in [-0.4, -0.2) is 36.3 Å². The van der Waals surface area contributed by atoms with E-state index in [1.807, 2.05) is 28.5 Å². The summed E-state index contributed by atoms with van der Waals surface area (Å²) >= 11 is 1.47. The summed E-state index contributed by atoms with van der Waals surface area (Å²) < 4.78 is 0. The van der Waals surface area contributed by atoms with Gasteiger partial charge in [-0.3, -0.25) is 9.59 Å². The van der Waals surface area contributed by atoms with Crippen LogP contribution in [0.4, 0.5) is 0 Å². The second kappa shape index (κ2) is 7.06. The Bertz CT molecular complexity index is 499. The first kappa shape index (κ1) is 14.5. The highest BCUT2D eigenvalue weighted by atomic mass is 32.1. The summed E-state index contributed by atoms with van der Waals surface area (Å²) in [5.74, 6) is 0.279. The third kappa shape index (κ3) is 3.81. The minimum absolute atomic E-state index is 0.0876. The Balaban J connectivity index is 1.74. The second-order valence-corrected chi connectivity index (χ2v) is 5.80. The molecule has 0 unspecified atom stereocenters. The Morgan fingerprint density at radius 3 is 2.80 bits per heavy atom. The molecule has 0 saturated carbocycles. The molecule has 20 heavy (non-hydrogen) atoms. The van der Waals surface area contributed by atoms with Crippen LogP contribution in [0.15, 0.2) is 17.5 Å². The smallest absolute Gasteiger partial charge is 0.263 e. The number of hydrogen-bond acceptors (Lipinski definition) is 4. The van der Waals surface area contributed by atoms with Crippen molar-refractivity contribution >= 4 is 23.2 Å². The lowest BCUT2D eigenvalue weighted by atomic mass is 9.96. The molecular weight excluding hydrogens is 274 g/mol. The first-order valence-electron chi connectivity index (χ1n) is 6.67. The Morgan fingerprint density at radius 2 is 2.20 bits per heavy atom. The van der Waals surface area contributed by atoms with E-state index in [2.05, 4.69) is 5.32 Å². The van der Waals surface area contributed by atoms with Crippen LogP contribution in [0.1, 0.15) is 28.9 Å². The molecule has 2 heterocycles. The number of carbonyl (C=O) groups is 2. The molecule has 0 spiro atoms. The zero-order chi connectivity index (χ0) is 14.4. The fourth-order valence-electron chi connectivity index (χ4n) is 2.29. The van der Waals surface area contributed by atoms with E-state index in [4.69, 9.17) is 5.26 Å². The highest BCUT2D eigenvalue weighted by Crippen LogP contribution is 2.20. The topological polar surface area (TPSA) is 73.2 Å². The van der Waals surface area contributed by atoms with E-state index in [-0.39, 0.29) is 18.2 Å². The summed E-state index contributed by atoms with van der Waals surface area (Å²) in [6, 6.07) is 5.56. The van der Waals surface area contributed by atoms with E-state index >= 15 is 0 Å². The van der Waals surface area contributed by atoms with Crippen molar-refractivity contribution in [3.8, 4) is 6.07 Å². The number of carbonyl (C=O) groups excluding carboxylic acids is 2. The van der Waals surface area contributed by atoms with Gasteiger partial charge >= 0.3 is 0 Å². The number of nitrogens with zero attached hydrogens (tertiary/aromatic N) is 2. The molecule has 5 nitrogen and oxygen atoms in total. The number of amides is 2. The lowest BCUT2D eigenvalue weighted by molar-refractivity contribution is -0.120. The summed E-state index contributed by atoms with van der Waals surface area (Å²) in [5, 5.41) is 13.1. The Morgan fingerprint density at radius 1 is 1.45 bits per heavy atom. The van der Waals surface area contributed by atoms with Gasteiger partial charge in [-0.05, 0) is 30.2 Å². The lowest BCUT2D eigenvalue weighted by Gasteiger charge is -2.31. The molecule has 0 atom stereocenters. The minimum atomic E-state index is -0.218. The number of thiophene rings is 1. The maximum Gasteiger partial charge on any atom is 0.263 e. The molecule has 0 aromatic carbocycles. The van der Waals surface area contributed by atoms with Crippen LogP contribution in [0.2, 0.25) is 0 Å². The fraction of sp³-hybridized carbons (Fsp3) is 0.500. The maximum atomic E-state index is 12.1. The summed E-state index contributed by atoms with van der Waals surface area (Å²) in [6.07, 6.45) is 1.70. The maximum absolute atomic E-state index is 12.1. The normalized spacial score (nSPS) is 15.7. The van der Waals surface area contributed by atoms with Gasteiger partial charge in [0.15, 0.2) is 0 Å². The fourth-order valence-corrected chi connectivity index (χ4v) is 2.98. The van der Waals surface area contributed by atoms with E-state index in [9.17, 15) is 9.59 Å². The molecule has 2 amide bonds. The van der Waals surface area contributed by atoms with Gasteiger partial charge < -0.3 is 10.2 Å². The Labute approximate surface area is 122 Å². The van der Waals surface area contributed by atoms with Crippen molar-refractivity contribution in [3.05, 3.63) is 22.4 Å². The van der Waals surface area contributed by atoms with Crippen molar-refractivity contribution in [2.75, 3.05) is 19.6 Å². The first-order valence-corrected chi connectivity index (χ1v) is 7.55. The molecule has 1 aliphatic heterocycles. The predicted molar refractivity (Wildman–Crippen MR) is 76.2 cm³/mol. The van der Waals surface area contributed by atoms with E-state index < -0.39 is 0 Å². The molecule has 0 radical (unpaired) electrons. The van der Waals surface area contributed by atoms with Crippen LogP contribution in [-0.2, 0) is 4.79 Å². The van der Waals surface area contributed by atoms with E-state index in [1.165, 1.54) is 11.3 Å². The van der Waals surface area contributed by atoms with Gasteiger partial charge in [0.2, 0.25) is 5.91 Å². The van der Waals surface area contributed by atoms with Gasteiger partial charge in [0.25, 0.3) is 5.91 Å². The van der Waals surface area contributed by atoms with Gasteiger partial charge in [-0.15, -0.1) is 11.3 Å². The van der Waals surface area contributed by atoms with Crippen molar-refractivity contribution in [2.24, 2.45) is 5.92 Å². The number of nitrogens with one attached hydrogen (secondary N) is 1. The molecule has 0 bridgehead atoms. The van der Waals surface area contributed by atoms with Crippen LogP contribution >= 0.6 is 11.3 Å². The molecule has 1 N–H and O–H groups in total. The van der Waals surface area contributed by atoms with Crippen molar-refractivity contribution in [1.29, 1.82) is 5.26 Å². The summed E-state index contributed by atoms with van der Waals surface area (Å²) in [6.45, 7) is 2.06. The molecule has 106 valence electrons. The SMILES string of the molecule is N#CCC(=O)NCC1CCN(C(=O)c2cccs2)CC1. The molecule has 2 rings (SSSR count). The van der Waals surface area contributed by atoms with Crippen LogP contribution in [0.5, 0.6) is 0 Å². The number of nitriles is 1. The largest absolute Gasteiger partial charge is 0.355 e. The summed E-state index contributed by atoms with van der Waals surface area (Å²) in [7, 11) is 0. The van der Waals surface area contributed by atoms with E-state index in [0.29, 0.717) is 12.5 Å². The monoisotopic (exact) mass is 291 g/mol. The minimum Gasteiger partial charge on any atom is -0.355 e. The average Bonchev–Trinajstić information content (AvgIpc) is 2.99. The van der Waals surface area contributed by atoms with Gasteiger partial charge in [0, 0.05) is 19.6 Å². The third-order valence-corrected chi connectivity index (χ3v) is 4.32. The molecule has 1 fully saturated rings. The summed E-state index contributed by atoms with van der Waals surface area (Å²) in [4.78, 5) is 26.0. The Kier molecular flexibility index (Phi) is 5.13. The quantitative estimate of drug-likeness (QED) is 0.916. The first-order chi connectivity index (χ1) is 9.70. The molecule has 6 heteroatoms. The zero-order valence-electron chi connectivity index (χ0n) is 11.2. The van der Waals surface area contributed by atoms with Crippen LogP contribution in [0.25, 0.3) is 0 Å². The molecule has 1 saturated heterocycles. The highest BCUT2D eigenvalue weighted by molar-refractivity contribution is 7.12. The molecule has 1 aliphatic rings. The number of rotatable bonds is 4. The number of likely N-dealkylation sites (tertiary alicyclic amines) is 1. The number of hydrogen-bond donors (Lipinski definition) is 1. The van der Waals surface area contributed by atoms with Gasteiger partial charge in [-0.25, -0.2) is 0 Å². The second-order valence-electron chi connectivity index (χ2n) is 4.85. The average molecular weight is 291 g/mol. The van der Waals surface area contributed by atoms with Gasteiger partial charge in [0.1, 0.15) is 6.42 Å². The van der Waals surface area contributed by atoms with Crippen molar-refractivity contribution < 1.29 is 9.59 Å². The number of piperidine rings is 1. The highest BCUT2D eigenvalue weighted by Gasteiger charge is 2.24. The van der Waals surface area contributed by atoms with Crippen LogP contribution in [0.3, 0.4) is 0 Å². The summed E-state index contributed by atoms with van der Waals surface area (Å²) in [5.41, 5.74) is 0. The molecular formula is C14H17N3O2S. The molecule has 1 aromatic heterocycles. The predicted octanol–water partition coefficient (Wildman–Crippen LogP) is 1.63. The van der Waals surface area contributed by atoms with Crippen LogP contribution < -0.4 is 5.32 Å². The standard InChI is InChI=1S/C14H17N3O2S/c15-6-3-13(18)16-10-11-4-7-17(8-5-11)14(19)12-2-1-9-20-12/h1-2,9,11H,3-5,7-8,10H2,(H,16,18). The van der Waals surface area contributed by atoms with E-state index in [0.717, 1.165) is 30.8 Å². The van der Waals surface area contributed by atoms with Gasteiger partial charge in [-0.2, -0.15) is 5.26 Å². The van der Waals surface area contributed by atoms with Gasteiger partial charge in [0.05, 0.1) is 10.9 Å². The van der Waals surface area contributed by atoms with Crippen molar-refractivity contribution in [2.45, 2.75) is 19.3 Å². The molecule has 1 aromatic rings. The van der Waals surface area contributed by atoms with Crippen molar-refractivity contribution in [3.63, 3.8) is 0 Å². The third-order valence-electron chi connectivity index (χ3n) is 3.46. The van der Waals surface area contributed by atoms with Crippen LogP contribution in [0, 0.1) is 17.2 Å². The molecule has 0 aliphatic carbocycles. The van der Waals surface area contributed by atoms with Crippen molar-refractivity contribution in [1.82, 2.24) is 10.2 Å². The lowest BCUT2D eigenvalue weighted by Crippen LogP contribution is -2.41. The van der Waals surface area contributed by atoms with E-state index in [1.54, 1.807) is 0 Å². The Hall–Kier alpha value is -1.87. The zero-order valence-corrected chi connectivity index (χ0v) is 12.0. The van der Waals surface area contributed by atoms with Gasteiger partial charge in [-0.1, -0.05) is 6.07 Å².